The number of rotatable bonds is 7. The van der Waals surface area contributed by atoms with Crippen molar-refractivity contribution >= 4 is 17.9 Å². The number of aliphatic hydroxyl groups excluding tert-OH is 2. The predicted molar refractivity (Wildman–Crippen MR) is 126 cm³/mol. The zero-order valence-electron chi connectivity index (χ0n) is 19.1. The Hall–Kier alpha value is -2.93. The molecule has 3 rings (SSSR count). The first-order valence-electron chi connectivity index (χ1n) is 10.7. The number of Topliss-reactive ketones (excluding diaryl/α,β-unsaturated/α-hetero) is 1. The van der Waals surface area contributed by atoms with Crippen molar-refractivity contribution < 1.29 is 24.5 Å². The first-order chi connectivity index (χ1) is 15.4. The van der Waals surface area contributed by atoms with Gasteiger partial charge in [0.1, 0.15) is 0 Å². The summed E-state index contributed by atoms with van der Waals surface area (Å²) in [7, 11) is 3.18. The molecule has 1 heterocycles. The molecule has 2 N–H and O–H groups in total. The van der Waals surface area contributed by atoms with Gasteiger partial charge >= 0.3 is 0 Å². The Bertz CT molecular complexity index is 961. The lowest BCUT2D eigenvalue weighted by Crippen LogP contribution is -2.41. The number of aliphatic hydroxyl groups is 2. The average Bonchev–Trinajstić information content (AvgIpc) is 2.81. The van der Waals surface area contributed by atoms with Crippen LogP contribution >= 0.6 is 0 Å². The maximum absolute atomic E-state index is 13.3. The molecule has 1 fully saturated rings. The third-order valence-electron chi connectivity index (χ3n) is 5.72. The molecule has 2 aromatic rings. The lowest BCUT2D eigenvalue weighted by Gasteiger charge is -2.32. The number of piperidine rings is 1. The molecule has 1 aliphatic heterocycles. The van der Waals surface area contributed by atoms with Gasteiger partial charge in [-0.3, -0.25) is 9.69 Å². The summed E-state index contributed by atoms with van der Waals surface area (Å²) in [5.41, 5.74) is 4.43. The fourth-order valence-corrected chi connectivity index (χ4v) is 3.81. The number of carbonyl (C=O) groups is 1. The van der Waals surface area contributed by atoms with Crippen LogP contribution in [0.4, 0.5) is 0 Å². The van der Waals surface area contributed by atoms with E-state index in [1.54, 1.807) is 20.3 Å². The second-order valence-electron chi connectivity index (χ2n) is 8.13. The molecule has 0 atom stereocenters. The quantitative estimate of drug-likeness (QED) is 0.646. The van der Waals surface area contributed by atoms with E-state index < -0.39 is 0 Å². The van der Waals surface area contributed by atoms with Crippen LogP contribution in [0, 0.1) is 0 Å². The van der Waals surface area contributed by atoms with Crippen molar-refractivity contribution in [3.05, 3.63) is 69.8 Å². The Morgan fingerprint density at radius 2 is 1.44 bits per heavy atom. The fraction of sp³-hybridized carbons (Fsp3) is 0.346. The van der Waals surface area contributed by atoms with Crippen LogP contribution in [0.2, 0.25) is 0 Å². The minimum atomic E-state index is -0.163. The van der Waals surface area contributed by atoms with Gasteiger partial charge in [-0.1, -0.05) is 18.2 Å². The Balaban J connectivity index is 1.99. The Morgan fingerprint density at radius 1 is 0.875 bits per heavy atom. The van der Waals surface area contributed by atoms with E-state index in [1.807, 2.05) is 42.5 Å². The maximum atomic E-state index is 13.3. The third-order valence-corrected chi connectivity index (χ3v) is 5.72. The summed E-state index contributed by atoms with van der Waals surface area (Å²) in [6.07, 6.45) is 3.78. The topological polar surface area (TPSA) is 79.2 Å². The highest BCUT2D eigenvalue weighted by atomic mass is 16.5. The highest BCUT2D eigenvalue weighted by Gasteiger charge is 2.27. The molecule has 6 heteroatoms. The number of carbonyl (C=O) groups excluding carboxylic acids is 1. The lowest BCUT2D eigenvalue weighted by molar-refractivity contribution is -0.113. The largest absolute Gasteiger partial charge is 0.493 e. The van der Waals surface area contributed by atoms with Crippen LogP contribution in [0.1, 0.15) is 36.1 Å². The van der Waals surface area contributed by atoms with Crippen LogP contribution in [0.25, 0.3) is 12.2 Å². The molecule has 170 valence electrons. The van der Waals surface area contributed by atoms with E-state index in [1.165, 1.54) is 0 Å². The summed E-state index contributed by atoms with van der Waals surface area (Å²) in [5, 5.41) is 19.0. The van der Waals surface area contributed by atoms with Crippen molar-refractivity contribution in [3.63, 3.8) is 0 Å². The number of ether oxygens (including phenoxy) is 2. The molecule has 0 amide bonds. The number of hydrogen-bond acceptors (Lipinski definition) is 6. The van der Waals surface area contributed by atoms with Gasteiger partial charge in [-0.15, -0.1) is 0 Å². The molecule has 0 aliphatic carbocycles. The second-order valence-corrected chi connectivity index (χ2v) is 8.13. The molecule has 0 bridgehead atoms. The third kappa shape index (κ3) is 5.27. The number of ketones is 1. The average molecular weight is 438 g/mol. The van der Waals surface area contributed by atoms with Crippen LogP contribution < -0.4 is 9.47 Å². The van der Waals surface area contributed by atoms with Crippen molar-refractivity contribution in [3.8, 4) is 11.5 Å². The summed E-state index contributed by atoms with van der Waals surface area (Å²) < 4.78 is 10.7. The van der Waals surface area contributed by atoms with Gasteiger partial charge in [0.2, 0.25) is 0 Å². The molecule has 6 nitrogen and oxygen atoms in total. The zero-order valence-corrected chi connectivity index (χ0v) is 19.1. The van der Waals surface area contributed by atoms with E-state index in [0.717, 1.165) is 11.1 Å². The van der Waals surface area contributed by atoms with Crippen LogP contribution in [0.3, 0.4) is 0 Å². The van der Waals surface area contributed by atoms with Crippen molar-refractivity contribution in [2.45, 2.75) is 33.1 Å². The summed E-state index contributed by atoms with van der Waals surface area (Å²) >= 11 is 0. The molecule has 0 spiro atoms. The minimum absolute atomic E-state index is 0.00784. The molecule has 0 unspecified atom stereocenters. The monoisotopic (exact) mass is 437 g/mol. The summed E-state index contributed by atoms with van der Waals surface area (Å²) in [6.45, 7) is 5.04. The SMILES string of the molecule is COc1ccc(/C=C2\CN(C(C)C)C/C(=C\c3ccc(CO)c(CO)c3)C2=O)cc1OC. The highest BCUT2D eigenvalue weighted by Crippen LogP contribution is 2.30. The van der Waals surface area contributed by atoms with E-state index in [2.05, 4.69) is 18.7 Å². The van der Waals surface area contributed by atoms with Crippen LogP contribution in [-0.4, -0.2) is 54.2 Å². The molecular formula is C26H31NO5. The van der Waals surface area contributed by atoms with Crippen LogP contribution in [-0.2, 0) is 18.0 Å². The van der Waals surface area contributed by atoms with Crippen molar-refractivity contribution in [1.29, 1.82) is 0 Å². The fourth-order valence-electron chi connectivity index (χ4n) is 3.81. The maximum Gasteiger partial charge on any atom is 0.187 e. The minimum Gasteiger partial charge on any atom is -0.493 e. The summed E-state index contributed by atoms with van der Waals surface area (Å²) in [6, 6.07) is 11.3. The van der Waals surface area contributed by atoms with Gasteiger partial charge in [-0.05, 0) is 66.5 Å². The van der Waals surface area contributed by atoms with E-state index in [0.29, 0.717) is 46.9 Å². The van der Waals surface area contributed by atoms with Crippen LogP contribution in [0.5, 0.6) is 11.5 Å². The van der Waals surface area contributed by atoms with Crippen molar-refractivity contribution in [2.75, 3.05) is 27.3 Å². The standard InChI is InChI=1S/C26H31NO5/c1-17(2)27-13-21(9-18-5-7-20(15-28)23(11-18)16-29)26(30)22(14-27)10-19-6-8-24(31-3)25(12-19)32-4/h5-12,17,28-29H,13-16H2,1-4H3/b21-9+,22-10+. The van der Waals surface area contributed by atoms with Gasteiger partial charge in [0.05, 0.1) is 27.4 Å². The Morgan fingerprint density at radius 3 is 1.97 bits per heavy atom. The van der Waals surface area contributed by atoms with Crippen molar-refractivity contribution in [2.24, 2.45) is 0 Å². The Kier molecular flexibility index (Phi) is 7.85. The molecule has 1 aliphatic rings. The number of methoxy groups -OCH3 is 2. The molecule has 2 aromatic carbocycles. The zero-order chi connectivity index (χ0) is 23.3. The van der Waals surface area contributed by atoms with Gasteiger partial charge in [0.25, 0.3) is 0 Å². The van der Waals surface area contributed by atoms with E-state index in [-0.39, 0.29) is 25.0 Å². The summed E-state index contributed by atoms with van der Waals surface area (Å²) in [5.74, 6) is 1.26. The number of benzene rings is 2. The number of nitrogens with zero attached hydrogens (tertiary/aromatic N) is 1. The molecule has 1 saturated heterocycles. The van der Waals surface area contributed by atoms with E-state index >= 15 is 0 Å². The van der Waals surface area contributed by atoms with Crippen LogP contribution in [0.15, 0.2) is 47.5 Å². The second kappa shape index (κ2) is 10.6. The molecule has 0 aromatic heterocycles. The van der Waals surface area contributed by atoms with Gasteiger partial charge < -0.3 is 19.7 Å². The first-order valence-corrected chi connectivity index (χ1v) is 10.7. The first kappa shape index (κ1) is 23.7. The Labute approximate surface area is 189 Å². The van der Waals surface area contributed by atoms with E-state index in [9.17, 15) is 15.0 Å². The van der Waals surface area contributed by atoms with Crippen molar-refractivity contribution in [1.82, 2.24) is 4.90 Å². The van der Waals surface area contributed by atoms with Gasteiger partial charge in [-0.25, -0.2) is 0 Å². The molecule has 0 saturated carbocycles. The predicted octanol–water partition coefficient (Wildman–Crippen LogP) is 3.45. The normalized spacial score (nSPS) is 17.4. The lowest BCUT2D eigenvalue weighted by atomic mass is 9.93. The number of hydrogen-bond donors (Lipinski definition) is 2. The molecular weight excluding hydrogens is 406 g/mol. The van der Waals surface area contributed by atoms with Gasteiger partial charge in [-0.2, -0.15) is 0 Å². The highest BCUT2D eigenvalue weighted by molar-refractivity contribution is 6.14. The smallest absolute Gasteiger partial charge is 0.187 e. The molecule has 32 heavy (non-hydrogen) atoms. The number of likely N-dealkylation sites (tertiary alicyclic amines) is 1. The van der Waals surface area contributed by atoms with Gasteiger partial charge in [0, 0.05) is 30.3 Å². The molecule has 0 radical (unpaired) electrons. The van der Waals surface area contributed by atoms with E-state index in [4.69, 9.17) is 9.47 Å². The summed E-state index contributed by atoms with van der Waals surface area (Å²) in [4.78, 5) is 15.6. The van der Waals surface area contributed by atoms with Gasteiger partial charge in [0.15, 0.2) is 17.3 Å².